The molecule has 1 fully saturated rings. The van der Waals surface area contributed by atoms with Gasteiger partial charge in [0.05, 0.1) is 0 Å². The minimum atomic E-state index is 0.480. The zero-order valence-corrected chi connectivity index (χ0v) is 13.3. The van der Waals surface area contributed by atoms with Crippen molar-refractivity contribution in [1.82, 2.24) is 9.97 Å². The van der Waals surface area contributed by atoms with Crippen molar-refractivity contribution >= 4 is 15.9 Å². The van der Waals surface area contributed by atoms with Crippen molar-refractivity contribution in [3.8, 4) is 0 Å². The molecule has 0 saturated heterocycles. The average Bonchev–Trinajstić information content (AvgIpc) is 2.81. The second kappa shape index (κ2) is 5.77. The molecular formula is C15H25BrN2. The highest BCUT2D eigenvalue weighted by Gasteiger charge is 2.32. The Morgan fingerprint density at radius 3 is 2.50 bits per heavy atom. The van der Waals surface area contributed by atoms with Crippen LogP contribution in [0.15, 0.2) is 12.4 Å². The standard InChI is InChI=1S/C15H25BrN2/c1-15(2,3)12-6-4-11(5-7-12)13(16)10-14-17-8-9-18-14/h8-9,11-13H,4-7,10H2,1-3H3,(H,17,18). The van der Waals surface area contributed by atoms with Gasteiger partial charge in [-0.3, -0.25) is 0 Å². The molecule has 102 valence electrons. The van der Waals surface area contributed by atoms with E-state index in [1.54, 1.807) is 0 Å². The number of H-pyrrole nitrogens is 1. The van der Waals surface area contributed by atoms with Crippen LogP contribution in [-0.4, -0.2) is 14.8 Å². The Kier molecular flexibility index (Phi) is 4.52. The summed E-state index contributed by atoms with van der Waals surface area (Å²) >= 11 is 3.87. The van der Waals surface area contributed by atoms with Gasteiger partial charge in [0.1, 0.15) is 5.82 Å². The van der Waals surface area contributed by atoms with Crippen molar-refractivity contribution in [3.63, 3.8) is 0 Å². The Bertz CT molecular complexity index is 345. The third-order valence-corrected chi connectivity index (χ3v) is 5.52. The van der Waals surface area contributed by atoms with E-state index in [0.717, 1.165) is 24.1 Å². The Hall–Kier alpha value is -0.310. The van der Waals surface area contributed by atoms with Crippen molar-refractivity contribution in [3.05, 3.63) is 18.2 Å². The Morgan fingerprint density at radius 1 is 1.33 bits per heavy atom. The molecule has 1 N–H and O–H groups in total. The van der Waals surface area contributed by atoms with Crippen molar-refractivity contribution < 1.29 is 0 Å². The Morgan fingerprint density at radius 2 is 2.00 bits per heavy atom. The minimum Gasteiger partial charge on any atom is -0.349 e. The molecule has 0 bridgehead atoms. The number of nitrogens with zero attached hydrogens (tertiary/aromatic N) is 1. The van der Waals surface area contributed by atoms with Crippen LogP contribution >= 0.6 is 15.9 Å². The van der Waals surface area contributed by atoms with Crippen LogP contribution in [0, 0.1) is 17.3 Å². The first-order valence-corrected chi connectivity index (χ1v) is 8.00. The van der Waals surface area contributed by atoms with Gasteiger partial charge in [-0.05, 0) is 42.9 Å². The summed E-state index contributed by atoms with van der Waals surface area (Å²) in [7, 11) is 0. The zero-order valence-electron chi connectivity index (χ0n) is 11.7. The van der Waals surface area contributed by atoms with E-state index in [2.05, 4.69) is 46.7 Å². The minimum absolute atomic E-state index is 0.480. The maximum absolute atomic E-state index is 4.32. The number of nitrogens with one attached hydrogen (secondary N) is 1. The predicted octanol–water partition coefficient (Wildman–Crippen LogP) is 4.57. The lowest BCUT2D eigenvalue weighted by Crippen LogP contribution is -2.29. The summed E-state index contributed by atoms with van der Waals surface area (Å²) in [6.07, 6.45) is 10.3. The van der Waals surface area contributed by atoms with Crippen molar-refractivity contribution in [2.75, 3.05) is 0 Å². The van der Waals surface area contributed by atoms with Crippen molar-refractivity contribution in [2.45, 2.75) is 57.7 Å². The van der Waals surface area contributed by atoms with Crippen LogP contribution < -0.4 is 0 Å². The molecule has 2 rings (SSSR count). The third-order valence-electron chi connectivity index (χ3n) is 4.45. The number of halogens is 1. The van der Waals surface area contributed by atoms with E-state index in [-0.39, 0.29) is 0 Å². The van der Waals surface area contributed by atoms with Gasteiger partial charge in [-0.2, -0.15) is 0 Å². The van der Waals surface area contributed by atoms with Crippen LogP contribution in [0.4, 0.5) is 0 Å². The Balaban J connectivity index is 1.82. The molecule has 18 heavy (non-hydrogen) atoms. The molecule has 0 amide bonds. The molecule has 0 aliphatic heterocycles. The van der Waals surface area contributed by atoms with Crippen LogP contribution in [0.1, 0.15) is 52.3 Å². The molecule has 0 radical (unpaired) electrons. The van der Waals surface area contributed by atoms with E-state index in [1.165, 1.54) is 25.7 Å². The number of rotatable bonds is 3. The number of alkyl halides is 1. The molecule has 0 spiro atoms. The summed E-state index contributed by atoms with van der Waals surface area (Å²) in [5.74, 6) is 2.82. The van der Waals surface area contributed by atoms with E-state index in [1.807, 2.05) is 12.4 Å². The molecular weight excluding hydrogens is 288 g/mol. The summed E-state index contributed by atoms with van der Waals surface area (Å²) in [4.78, 5) is 8.09. The fourth-order valence-corrected chi connectivity index (χ4v) is 3.94. The first kappa shape index (κ1) is 14.1. The van der Waals surface area contributed by atoms with E-state index in [0.29, 0.717) is 10.2 Å². The van der Waals surface area contributed by atoms with Gasteiger partial charge in [-0.15, -0.1) is 0 Å². The number of imidazole rings is 1. The largest absolute Gasteiger partial charge is 0.349 e. The van der Waals surface area contributed by atoms with Gasteiger partial charge < -0.3 is 4.98 Å². The number of aromatic amines is 1. The zero-order chi connectivity index (χ0) is 13.2. The summed E-state index contributed by atoms with van der Waals surface area (Å²) < 4.78 is 0. The topological polar surface area (TPSA) is 28.7 Å². The summed E-state index contributed by atoms with van der Waals surface area (Å²) in [5, 5.41) is 0. The SMILES string of the molecule is CC(C)(C)C1CCC(C(Br)Cc2ncc[nH]2)CC1. The van der Waals surface area contributed by atoms with Gasteiger partial charge in [-0.25, -0.2) is 4.98 Å². The van der Waals surface area contributed by atoms with Crippen LogP contribution in [0.25, 0.3) is 0 Å². The van der Waals surface area contributed by atoms with Crippen molar-refractivity contribution in [1.29, 1.82) is 0 Å². The maximum atomic E-state index is 4.32. The third kappa shape index (κ3) is 3.59. The fraction of sp³-hybridized carbons (Fsp3) is 0.800. The van der Waals surface area contributed by atoms with Gasteiger partial charge in [0.15, 0.2) is 0 Å². The van der Waals surface area contributed by atoms with Gasteiger partial charge in [0.25, 0.3) is 0 Å². The van der Waals surface area contributed by atoms with E-state index in [9.17, 15) is 0 Å². The monoisotopic (exact) mass is 312 g/mol. The van der Waals surface area contributed by atoms with Gasteiger partial charge in [-0.1, -0.05) is 36.7 Å². The molecule has 2 nitrogen and oxygen atoms in total. The average molecular weight is 313 g/mol. The summed E-state index contributed by atoms with van der Waals surface area (Å²) in [6.45, 7) is 7.14. The van der Waals surface area contributed by atoms with Crippen LogP contribution in [-0.2, 0) is 6.42 Å². The lowest BCUT2D eigenvalue weighted by Gasteiger charge is -2.38. The fourth-order valence-electron chi connectivity index (χ4n) is 3.11. The van der Waals surface area contributed by atoms with Gasteiger partial charge >= 0.3 is 0 Å². The molecule has 1 aromatic heterocycles. The summed E-state index contributed by atoms with van der Waals surface area (Å²) in [5.41, 5.74) is 0.480. The highest BCUT2D eigenvalue weighted by Crippen LogP contribution is 2.42. The second-order valence-electron chi connectivity index (χ2n) is 6.73. The molecule has 1 unspecified atom stereocenters. The molecule has 0 aromatic carbocycles. The van der Waals surface area contributed by atoms with E-state index >= 15 is 0 Å². The Labute approximate surface area is 119 Å². The van der Waals surface area contributed by atoms with Crippen LogP contribution in [0.3, 0.4) is 0 Å². The normalized spacial score (nSPS) is 27.1. The van der Waals surface area contributed by atoms with E-state index < -0.39 is 0 Å². The highest BCUT2D eigenvalue weighted by atomic mass is 79.9. The predicted molar refractivity (Wildman–Crippen MR) is 79.9 cm³/mol. The summed E-state index contributed by atoms with van der Waals surface area (Å²) in [6, 6.07) is 0. The molecule has 1 aromatic rings. The second-order valence-corrected chi connectivity index (χ2v) is 7.91. The molecule has 1 atom stereocenters. The maximum Gasteiger partial charge on any atom is 0.107 e. The smallest absolute Gasteiger partial charge is 0.107 e. The highest BCUT2D eigenvalue weighted by molar-refractivity contribution is 9.09. The quantitative estimate of drug-likeness (QED) is 0.814. The van der Waals surface area contributed by atoms with Crippen molar-refractivity contribution in [2.24, 2.45) is 17.3 Å². The van der Waals surface area contributed by atoms with Crippen LogP contribution in [0.2, 0.25) is 0 Å². The molecule has 1 saturated carbocycles. The molecule has 1 heterocycles. The first-order valence-electron chi connectivity index (χ1n) is 7.09. The van der Waals surface area contributed by atoms with Gasteiger partial charge in [0.2, 0.25) is 0 Å². The first-order chi connectivity index (χ1) is 8.47. The molecule has 1 aliphatic carbocycles. The lowest BCUT2D eigenvalue weighted by molar-refractivity contribution is 0.149. The van der Waals surface area contributed by atoms with E-state index in [4.69, 9.17) is 0 Å². The number of hydrogen-bond acceptors (Lipinski definition) is 1. The molecule has 3 heteroatoms. The van der Waals surface area contributed by atoms with Crippen LogP contribution in [0.5, 0.6) is 0 Å². The molecule has 1 aliphatic rings. The lowest BCUT2D eigenvalue weighted by atomic mass is 9.69. The number of aromatic nitrogens is 2. The number of hydrogen-bond donors (Lipinski definition) is 1. The van der Waals surface area contributed by atoms with Gasteiger partial charge in [0, 0.05) is 23.6 Å².